The summed E-state index contributed by atoms with van der Waals surface area (Å²) in [6.07, 6.45) is 0. The van der Waals surface area contributed by atoms with Gasteiger partial charge in [-0.05, 0) is 49.2 Å². The van der Waals surface area contributed by atoms with Gasteiger partial charge < -0.3 is 9.84 Å². The highest BCUT2D eigenvalue weighted by Crippen LogP contribution is 2.28. The molecule has 0 atom stereocenters. The monoisotopic (exact) mass is 335 g/mol. The van der Waals surface area contributed by atoms with Crippen molar-refractivity contribution in [3.8, 4) is 5.75 Å². The van der Waals surface area contributed by atoms with Crippen LogP contribution in [-0.2, 0) is 10.0 Å². The maximum absolute atomic E-state index is 12.6. The van der Waals surface area contributed by atoms with Crippen LogP contribution in [0.1, 0.15) is 21.5 Å². The van der Waals surface area contributed by atoms with E-state index in [4.69, 9.17) is 9.84 Å². The van der Waals surface area contributed by atoms with Crippen LogP contribution in [-0.4, -0.2) is 26.6 Å². The summed E-state index contributed by atoms with van der Waals surface area (Å²) in [7, 11) is -2.66. The van der Waals surface area contributed by atoms with E-state index in [1.807, 2.05) is 13.0 Å². The van der Waals surface area contributed by atoms with Crippen LogP contribution < -0.4 is 9.46 Å². The molecule has 6 nitrogen and oxygen atoms in total. The highest BCUT2D eigenvalue weighted by molar-refractivity contribution is 7.92. The van der Waals surface area contributed by atoms with Gasteiger partial charge in [-0.2, -0.15) is 0 Å². The van der Waals surface area contributed by atoms with Gasteiger partial charge in [-0.15, -0.1) is 0 Å². The van der Waals surface area contributed by atoms with E-state index in [0.29, 0.717) is 5.69 Å². The zero-order chi connectivity index (χ0) is 17.2. The number of ether oxygens (including phenoxy) is 1. The summed E-state index contributed by atoms with van der Waals surface area (Å²) in [6.45, 7) is 3.63. The second-order valence-corrected chi connectivity index (χ2v) is 6.75. The zero-order valence-corrected chi connectivity index (χ0v) is 13.8. The molecule has 0 heterocycles. The Balaban J connectivity index is 2.52. The van der Waals surface area contributed by atoms with Crippen LogP contribution in [0.15, 0.2) is 41.3 Å². The van der Waals surface area contributed by atoms with Crippen molar-refractivity contribution in [2.75, 3.05) is 11.8 Å². The number of anilines is 1. The first kappa shape index (κ1) is 16.8. The van der Waals surface area contributed by atoms with Gasteiger partial charge in [0, 0.05) is 0 Å². The van der Waals surface area contributed by atoms with Crippen LogP contribution in [0, 0.1) is 13.8 Å². The van der Waals surface area contributed by atoms with Crippen LogP contribution >= 0.6 is 0 Å². The quantitative estimate of drug-likeness (QED) is 0.876. The smallest absolute Gasteiger partial charge is 0.335 e. The molecule has 0 bridgehead atoms. The third-order valence-electron chi connectivity index (χ3n) is 3.34. The van der Waals surface area contributed by atoms with Crippen molar-refractivity contribution in [3.05, 3.63) is 53.1 Å². The first-order chi connectivity index (χ1) is 10.7. The highest BCUT2D eigenvalue weighted by atomic mass is 32.2. The summed E-state index contributed by atoms with van der Waals surface area (Å²) < 4.78 is 32.8. The Morgan fingerprint density at radius 3 is 2.43 bits per heavy atom. The van der Waals surface area contributed by atoms with Gasteiger partial charge >= 0.3 is 5.97 Å². The lowest BCUT2D eigenvalue weighted by Gasteiger charge is -2.14. The van der Waals surface area contributed by atoms with Gasteiger partial charge in [0.1, 0.15) is 10.6 Å². The summed E-state index contributed by atoms with van der Waals surface area (Å²) in [5, 5.41) is 9.05. The van der Waals surface area contributed by atoms with Crippen LogP contribution in [0.25, 0.3) is 0 Å². The molecule has 122 valence electrons. The van der Waals surface area contributed by atoms with Crippen molar-refractivity contribution in [2.24, 2.45) is 0 Å². The topological polar surface area (TPSA) is 92.7 Å². The largest absolute Gasteiger partial charge is 0.495 e. The van der Waals surface area contributed by atoms with E-state index >= 15 is 0 Å². The Hall–Kier alpha value is -2.54. The fourth-order valence-corrected chi connectivity index (χ4v) is 3.38. The molecule has 0 fully saturated rings. The number of sulfonamides is 1. The van der Waals surface area contributed by atoms with Crippen LogP contribution in [0.5, 0.6) is 5.75 Å². The third kappa shape index (κ3) is 3.62. The molecule has 0 amide bonds. The van der Waals surface area contributed by atoms with E-state index in [1.165, 1.54) is 19.2 Å². The molecule has 0 aromatic heterocycles. The minimum absolute atomic E-state index is 0.0767. The van der Waals surface area contributed by atoms with Gasteiger partial charge in [0.05, 0.1) is 18.4 Å². The van der Waals surface area contributed by atoms with E-state index in [1.54, 1.807) is 19.1 Å². The van der Waals surface area contributed by atoms with Crippen LogP contribution in [0.2, 0.25) is 0 Å². The fourth-order valence-electron chi connectivity index (χ4n) is 2.07. The molecule has 0 aliphatic carbocycles. The maximum atomic E-state index is 12.6. The van der Waals surface area contributed by atoms with Gasteiger partial charge in [0.25, 0.3) is 10.0 Å². The number of carboxylic acid groups (broad SMARTS) is 1. The number of hydrogen-bond donors (Lipinski definition) is 2. The molecule has 0 aliphatic heterocycles. The molecule has 0 spiro atoms. The number of methoxy groups -OCH3 is 1. The summed E-state index contributed by atoms with van der Waals surface area (Å²) >= 11 is 0. The van der Waals surface area contributed by atoms with E-state index in [0.717, 1.165) is 17.2 Å². The molecule has 0 saturated heterocycles. The average Bonchev–Trinajstić information content (AvgIpc) is 2.50. The molecular weight excluding hydrogens is 318 g/mol. The van der Waals surface area contributed by atoms with Crippen molar-refractivity contribution in [2.45, 2.75) is 18.7 Å². The van der Waals surface area contributed by atoms with Gasteiger partial charge in [0.15, 0.2) is 0 Å². The standard InChI is InChI=1S/C16H17NO5S/c1-10-4-5-11(2)13(8-10)17-23(20,21)15-9-12(16(18)19)6-7-14(15)22-3/h4-9,17H,1-3H3,(H,18,19). The minimum Gasteiger partial charge on any atom is -0.495 e. The van der Waals surface area contributed by atoms with E-state index in [9.17, 15) is 13.2 Å². The number of aromatic carboxylic acids is 1. The van der Waals surface area contributed by atoms with Crippen LogP contribution in [0.3, 0.4) is 0 Å². The Morgan fingerprint density at radius 1 is 1.13 bits per heavy atom. The van der Waals surface area contributed by atoms with Gasteiger partial charge in [-0.25, -0.2) is 13.2 Å². The molecule has 0 unspecified atom stereocenters. The number of aryl methyl sites for hydroxylation is 2. The fraction of sp³-hybridized carbons (Fsp3) is 0.188. The number of hydrogen-bond acceptors (Lipinski definition) is 4. The van der Waals surface area contributed by atoms with Crippen molar-refractivity contribution in [1.29, 1.82) is 0 Å². The molecule has 23 heavy (non-hydrogen) atoms. The Kier molecular flexibility index (Phi) is 4.60. The SMILES string of the molecule is COc1ccc(C(=O)O)cc1S(=O)(=O)Nc1cc(C)ccc1C. The number of benzene rings is 2. The summed E-state index contributed by atoms with van der Waals surface area (Å²) in [4.78, 5) is 10.9. The predicted octanol–water partition coefficient (Wildman–Crippen LogP) is 2.81. The number of carboxylic acids is 1. The lowest BCUT2D eigenvalue weighted by Crippen LogP contribution is -2.16. The second-order valence-electron chi connectivity index (χ2n) is 5.09. The highest BCUT2D eigenvalue weighted by Gasteiger charge is 2.22. The van der Waals surface area contributed by atoms with Crippen molar-refractivity contribution in [1.82, 2.24) is 0 Å². The zero-order valence-electron chi connectivity index (χ0n) is 13.0. The first-order valence-corrected chi connectivity index (χ1v) is 8.24. The van der Waals surface area contributed by atoms with Crippen molar-refractivity contribution < 1.29 is 23.1 Å². The molecule has 2 N–H and O–H groups in total. The minimum atomic E-state index is -3.99. The van der Waals surface area contributed by atoms with Gasteiger partial charge in [-0.1, -0.05) is 12.1 Å². The number of nitrogens with one attached hydrogen (secondary N) is 1. The molecule has 0 radical (unpaired) electrons. The predicted molar refractivity (Wildman–Crippen MR) is 86.7 cm³/mol. The molecule has 0 saturated carbocycles. The molecule has 0 aliphatic rings. The van der Waals surface area contributed by atoms with E-state index in [-0.39, 0.29) is 16.2 Å². The average molecular weight is 335 g/mol. The van der Waals surface area contributed by atoms with E-state index in [2.05, 4.69) is 4.72 Å². The Bertz CT molecular complexity index is 859. The molecule has 7 heteroatoms. The lowest BCUT2D eigenvalue weighted by atomic mass is 10.1. The van der Waals surface area contributed by atoms with Crippen LogP contribution in [0.4, 0.5) is 5.69 Å². The van der Waals surface area contributed by atoms with Crippen molar-refractivity contribution in [3.63, 3.8) is 0 Å². The third-order valence-corrected chi connectivity index (χ3v) is 4.72. The Morgan fingerprint density at radius 2 is 1.83 bits per heavy atom. The lowest BCUT2D eigenvalue weighted by molar-refractivity contribution is 0.0696. The maximum Gasteiger partial charge on any atom is 0.335 e. The first-order valence-electron chi connectivity index (χ1n) is 6.76. The Labute approximate surface area is 134 Å². The second kappa shape index (κ2) is 6.29. The normalized spacial score (nSPS) is 11.1. The van der Waals surface area contributed by atoms with Gasteiger partial charge in [0.2, 0.25) is 0 Å². The number of carbonyl (C=O) groups is 1. The van der Waals surface area contributed by atoms with Crippen molar-refractivity contribution >= 4 is 21.7 Å². The van der Waals surface area contributed by atoms with Gasteiger partial charge in [-0.3, -0.25) is 4.72 Å². The summed E-state index contributed by atoms with van der Waals surface area (Å²) in [5.74, 6) is -1.14. The molecule has 2 aromatic rings. The summed E-state index contributed by atoms with van der Waals surface area (Å²) in [6, 6.07) is 9.07. The van der Waals surface area contributed by atoms with E-state index < -0.39 is 16.0 Å². The summed E-state index contributed by atoms with van der Waals surface area (Å²) in [5.41, 5.74) is 1.96. The number of rotatable bonds is 5. The molecule has 2 aromatic carbocycles. The molecule has 2 rings (SSSR count). The molecular formula is C16H17NO5S.